The number of ether oxygens (including phenoxy) is 1. The predicted octanol–water partition coefficient (Wildman–Crippen LogP) is 1.32. The van der Waals surface area contributed by atoms with Crippen molar-refractivity contribution in [2.24, 2.45) is 0 Å². The highest BCUT2D eigenvalue weighted by Gasteiger charge is 2.19. The molecule has 0 radical (unpaired) electrons. The first kappa shape index (κ1) is 12.5. The van der Waals surface area contributed by atoms with Crippen LogP contribution in [0, 0.1) is 21.4 Å². The zero-order valence-electron chi connectivity index (χ0n) is 9.78. The number of nitriles is 1. The Hall–Kier alpha value is -1.97. The van der Waals surface area contributed by atoms with Gasteiger partial charge in [-0.1, -0.05) is 12.1 Å². The summed E-state index contributed by atoms with van der Waals surface area (Å²) in [5.74, 6) is 0. The van der Waals surface area contributed by atoms with E-state index in [4.69, 9.17) is 10.00 Å². The fraction of sp³-hybridized carbons (Fsp3) is 0.417. The van der Waals surface area contributed by atoms with E-state index in [0.29, 0.717) is 19.7 Å². The number of hydrogen-bond donors (Lipinski definition) is 0. The molecule has 0 aliphatic carbocycles. The average Bonchev–Trinajstić information content (AvgIpc) is 2.39. The van der Waals surface area contributed by atoms with Crippen LogP contribution in [0.5, 0.6) is 0 Å². The molecule has 0 spiro atoms. The van der Waals surface area contributed by atoms with Gasteiger partial charge >= 0.3 is 0 Å². The Bertz CT molecular complexity index is 466. The molecule has 1 unspecified atom stereocenters. The third kappa shape index (κ3) is 3.03. The third-order valence-corrected chi connectivity index (χ3v) is 2.85. The molecule has 0 N–H and O–H groups in total. The van der Waals surface area contributed by atoms with Crippen molar-refractivity contribution < 1.29 is 9.66 Å². The van der Waals surface area contributed by atoms with E-state index >= 15 is 0 Å². The van der Waals surface area contributed by atoms with E-state index in [9.17, 15) is 10.1 Å². The number of nitro benzene ring substituents is 1. The molecular weight excluding hydrogens is 234 g/mol. The van der Waals surface area contributed by atoms with Crippen molar-refractivity contribution in [2.45, 2.75) is 12.6 Å². The second-order valence-corrected chi connectivity index (χ2v) is 4.15. The van der Waals surface area contributed by atoms with Crippen molar-refractivity contribution in [2.75, 3.05) is 19.7 Å². The molecule has 6 nitrogen and oxygen atoms in total. The Balaban J connectivity index is 1.97. The Morgan fingerprint density at radius 2 is 2.22 bits per heavy atom. The van der Waals surface area contributed by atoms with Crippen molar-refractivity contribution in [1.82, 2.24) is 4.90 Å². The van der Waals surface area contributed by atoms with Crippen molar-refractivity contribution in [1.29, 1.82) is 5.26 Å². The lowest BCUT2D eigenvalue weighted by Crippen LogP contribution is -2.41. The van der Waals surface area contributed by atoms with Crippen LogP contribution in [0.15, 0.2) is 24.3 Å². The van der Waals surface area contributed by atoms with Gasteiger partial charge < -0.3 is 4.74 Å². The number of morpholine rings is 1. The Kier molecular flexibility index (Phi) is 3.87. The quantitative estimate of drug-likeness (QED) is 0.594. The largest absolute Gasteiger partial charge is 0.361 e. The van der Waals surface area contributed by atoms with Gasteiger partial charge in [-0.05, 0) is 5.56 Å². The van der Waals surface area contributed by atoms with E-state index in [1.807, 2.05) is 0 Å². The Morgan fingerprint density at radius 1 is 1.50 bits per heavy atom. The van der Waals surface area contributed by atoms with Gasteiger partial charge in [-0.3, -0.25) is 15.0 Å². The van der Waals surface area contributed by atoms with Crippen LogP contribution in [-0.4, -0.2) is 35.6 Å². The van der Waals surface area contributed by atoms with Gasteiger partial charge in [0.15, 0.2) is 6.10 Å². The van der Waals surface area contributed by atoms with Gasteiger partial charge in [0.05, 0.1) is 17.6 Å². The van der Waals surface area contributed by atoms with Crippen molar-refractivity contribution >= 4 is 5.69 Å². The number of benzene rings is 1. The van der Waals surface area contributed by atoms with Crippen LogP contribution < -0.4 is 0 Å². The molecule has 94 valence electrons. The number of hydrogen-bond acceptors (Lipinski definition) is 5. The van der Waals surface area contributed by atoms with Gasteiger partial charge in [-0.25, -0.2) is 0 Å². The summed E-state index contributed by atoms with van der Waals surface area (Å²) in [6.07, 6.45) is -0.378. The summed E-state index contributed by atoms with van der Waals surface area (Å²) in [4.78, 5) is 12.2. The van der Waals surface area contributed by atoms with Gasteiger partial charge in [-0.2, -0.15) is 5.26 Å². The molecule has 1 atom stereocenters. The summed E-state index contributed by atoms with van der Waals surface area (Å²) < 4.78 is 5.25. The first-order valence-electron chi connectivity index (χ1n) is 5.66. The van der Waals surface area contributed by atoms with E-state index in [1.54, 1.807) is 12.1 Å². The summed E-state index contributed by atoms with van der Waals surface area (Å²) in [7, 11) is 0. The van der Waals surface area contributed by atoms with Gasteiger partial charge in [0, 0.05) is 31.8 Å². The van der Waals surface area contributed by atoms with Crippen LogP contribution >= 0.6 is 0 Å². The second kappa shape index (κ2) is 5.58. The maximum atomic E-state index is 10.5. The molecule has 1 aliphatic rings. The maximum Gasteiger partial charge on any atom is 0.269 e. The highest BCUT2D eigenvalue weighted by Crippen LogP contribution is 2.15. The van der Waals surface area contributed by atoms with E-state index < -0.39 is 4.92 Å². The molecule has 0 saturated carbocycles. The molecule has 2 rings (SSSR count). The molecular formula is C12H13N3O3. The van der Waals surface area contributed by atoms with Gasteiger partial charge in [0.2, 0.25) is 0 Å². The zero-order valence-corrected chi connectivity index (χ0v) is 9.78. The van der Waals surface area contributed by atoms with Crippen molar-refractivity contribution in [3.63, 3.8) is 0 Å². The smallest absolute Gasteiger partial charge is 0.269 e. The van der Waals surface area contributed by atoms with Crippen molar-refractivity contribution in [3.05, 3.63) is 39.9 Å². The summed E-state index contributed by atoms with van der Waals surface area (Å²) in [5.41, 5.74) is 1.09. The van der Waals surface area contributed by atoms with Gasteiger partial charge in [0.1, 0.15) is 0 Å². The molecule has 6 heteroatoms. The van der Waals surface area contributed by atoms with Crippen LogP contribution in [0.4, 0.5) is 5.69 Å². The first-order valence-corrected chi connectivity index (χ1v) is 5.66. The Labute approximate surface area is 105 Å². The van der Waals surface area contributed by atoms with Crippen molar-refractivity contribution in [3.8, 4) is 6.07 Å². The van der Waals surface area contributed by atoms with E-state index in [0.717, 1.165) is 12.1 Å². The molecule has 1 aromatic rings. The average molecular weight is 247 g/mol. The normalized spacial score (nSPS) is 20.3. The highest BCUT2D eigenvalue weighted by molar-refractivity contribution is 5.32. The molecule has 1 saturated heterocycles. The molecule has 1 aliphatic heterocycles. The first-order chi connectivity index (χ1) is 8.69. The number of non-ortho nitro benzene ring substituents is 1. The van der Waals surface area contributed by atoms with Gasteiger partial charge in [-0.15, -0.1) is 0 Å². The molecule has 1 heterocycles. The molecule has 1 aromatic carbocycles. The number of nitrogens with zero attached hydrogens (tertiary/aromatic N) is 3. The number of rotatable bonds is 3. The van der Waals surface area contributed by atoms with E-state index in [2.05, 4.69) is 11.0 Å². The predicted molar refractivity (Wildman–Crippen MR) is 63.7 cm³/mol. The van der Waals surface area contributed by atoms with Crippen LogP contribution in [0.25, 0.3) is 0 Å². The minimum atomic E-state index is -0.412. The number of nitro groups is 1. The fourth-order valence-electron chi connectivity index (χ4n) is 1.91. The van der Waals surface area contributed by atoms with E-state index in [1.165, 1.54) is 12.1 Å². The fourth-order valence-corrected chi connectivity index (χ4v) is 1.91. The van der Waals surface area contributed by atoms with Gasteiger partial charge in [0.25, 0.3) is 5.69 Å². The lowest BCUT2D eigenvalue weighted by atomic mass is 10.2. The monoisotopic (exact) mass is 247 g/mol. The summed E-state index contributed by atoms with van der Waals surface area (Å²) in [5, 5.41) is 19.3. The minimum absolute atomic E-state index is 0.0932. The minimum Gasteiger partial charge on any atom is -0.361 e. The molecule has 18 heavy (non-hydrogen) atoms. The molecule has 0 bridgehead atoms. The topological polar surface area (TPSA) is 79.4 Å². The van der Waals surface area contributed by atoms with Crippen LogP contribution in [0.2, 0.25) is 0 Å². The van der Waals surface area contributed by atoms with Crippen LogP contribution in [-0.2, 0) is 11.3 Å². The lowest BCUT2D eigenvalue weighted by molar-refractivity contribution is -0.384. The third-order valence-electron chi connectivity index (χ3n) is 2.85. The van der Waals surface area contributed by atoms with Crippen LogP contribution in [0.3, 0.4) is 0 Å². The molecule has 1 fully saturated rings. The maximum absolute atomic E-state index is 10.5. The second-order valence-electron chi connectivity index (χ2n) is 4.15. The molecule has 0 aromatic heterocycles. The Morgan fingerprint density at radius 3 is 2.83 bits per heavy atom. The lowest BCUT2D eigenvalue weighted by Gasteiger charge is -2.29. The standard InChI is InChI=1S/C12H13N3O3/c13-7-12-9-14(5-6-18-12)8-10-1-3-11(4-2-10)15(16)17/h1-4,12H,5-6,8-9H2. The summed E-state index contributed by atoms with van der Waals surface area (Å²) in [6.45, 7) is 2.58. The highest BCUT2D eigenvalue weighted by atomic mass is 16.6. The SMILES string of the molecule is N#CC1CN(Cc2ccc([N+](=O)[O-])cc2)CCO1. The summed E-state index contributed by atoms with van der Waals surface area (Å²) in [6, 6.07) is 8.58. The zero-order chi connectivity index (χ0) is 13.0. The van der Waals surface area contributed by atoms with Crippen LogP contribution in [0.1, 0.15) is 5.56 Å². The summed E-state index contributed by atoms with van der Waals surface area (Å²) >= 11 is 0. The molecule has 0 amide bonds. The van der Waals surface area contributed by atoms with E-state index in [-0.39, 0.29) is 11.8 Å².